The van der Waals surface area contributed by atoms with E-state index in [9.17, 15) is 9.90 Å². The molecular weight excluding hydrogens is 196 g/mol. The summed E-state index contributed by atoms with van der Waals surface area (Å²) in [4.78, 5) is 10.9. The number of hydrogen-bond acceptors (Lipinski definition) is 4. The molecule has 0 saturated heterocycles. The Morgan fingerprint density at radius 2 is 2.13 bits per heavy atom. The van der Waals surface area contributed by atoms with E-state index in [4.69, 9.17) is 4.74 Å². The van der Waals surface area contributed by atoms with Crippen LogP contribution in [0.3, 0.4) is 0 Å². The molecule has 1 aromatic carbocycles. The highest BCUT2D eigenvalue weighted by atomic mass is 16.5. The van der Waals surface area contributed by atoms with Gasteiger partial charge in [0.25, 0.3) is 0 Å². The van der Waals surface area contributed by atoms with Crippen LogP contribution < -0.4 is 4.74 Å². The number of methoxy groups -OCH3 is 2. The summed E-state index contributed by atoms with van der Waals surface area (Å²) in [5.74, 6) is -0.145. The monoisotopic (exact) mass is 208 g/mol. The van der Waals surface area contributed by atoms with Crippen LogP contribution in [0.25, 0.3) is 5.76 Å². The lowest BCUT2D eigenvalue weighted by Crippen LogP contribution is -1.97. The molecule has 0 aliphatic rings. The van der Waals surface area contributed by atoms with Crippen molar-refractivity contribution in [2.24, 2.45) is 0 Å². The van der Waals surface area contributed by atoms with E-state index in [-0.39, 0.29) is 5.76 Å². The molecule has 1 N–H and O–H groups in total. The van der Waals surface area contributed by atoms with E-state index in [2.05, 4.69) is 4.74 Å². The predicted molar refractivity (Wildman–Crippen MR) is 55.6 cm³/mol. The van der Waals surface area contributed by atoms with Gasteiger partial charge in [-0.05, 0) is 12.1 Å². The van der Waals surface area contributed by atoms with Crippen molar-refractivity contribution >= 4 is 11.7 Å². The van der Waals surface area contributed by atoms with Crippen molar-refractivity contribution in [3.63, 3.8) is 0 Å². The molecule has 1 aromatic rings. The van der Waals surface area contributed by atoms with Crippen LogP contribution in [-0.4, -0.2) is 25.3 Å². The maximum atomic E-state index is 10.9. The summed E-state index contributed by atoms with van der Waals surface area (Å²) in [5, 5.41) is 9.55. The molecule has 80 valence electrons. The number of aliphatic hydroxyl groups excluding tert-OH is 1. The summed E-state index contributed by atoms with van der Waals surface area (Å²) in [7, 11) is 2.78. The van der Waals surface area contributed by atoms with Crippen molar-refractivity contribution in [3.05, 3.63) is 35.9 Å². The minimum absolute atomic E-state index is 0.152. The summed E-state index contributed by atoms with van der Waals surface area (Å²) < 4.78 is 9.37. The van der Waals surface area contributed by atoms with Gasteiger partial charge in [-0.1, -0.05) is 12.1 Å². The van der Waals surface area contributed by atoms with Gasteiger partial charge in [-0.2, -0.15) is 0 Å². The summed E-state index contributed by atoms with van der Waals surface area (Å²) in [6.07, 6.45) is 1.01. The zero-order valence-corrected chi connectivity index (χ0v) is 8.56. The third-order valence-electron chi connectivity index (χ3n) is 1.82. The molecule has 0 spiro atoms. The number of carbonyl (C=O) groups is 1. The van der Waals surface area contributed by atoms with E-state index in [0.29, 0.717) is 11.3 Å². The molecular formula is C11H12O4. The van der Waals surface area contributed by atoms with Crippen LogP contribution in [0.1, 0.15) is 5.56 Å². The second-order valence-corrected chi connectivity index (χ2v) is 2.78. The van der Waals surface area contributed by atoms with Crippen molar-refractivity contribution < 1.29 is 19.4 Å². The number of aliphatic hydroxyl groups is 1. The van der Waals surface area contributed by atoms with Gasteiger partial charge in [0.05, 0.1) is 20.3 Å². The van der Waals surface area contributed by atoms with Crippen LogP contribution in [0, 0.1) is 0 Å². The van der Waals surface area contributed by atoms with Crippen molar-refractivity contribution in [2.45, 2.75) is 0 Å². The molecule has 0 aliphatic carbocycles. The Balaban J connectivity index is 2.95. The molecule has 0 amide bonds. The number of hydrogen-bond donors (Lipinski definition) is 1. The van der Waals surface area contributed by atoms with Gasteiger partial charge >= 0.3 is 5.97 Å². The summed E-state index contributed by atoms with van der Waals surface area (Å²) in [6, 6.07) is 6.75. The first-order chi connectivity index (χ1) is 7.17. The SMILES string of the molecule is COC(=O)C=C(O)c1cccc(OC)c1. The molecule has 0 aromatic heterocycles. The fraction of sp³-hybridized carbons (Fsp3) is 0.182. The molecule has 0 atom stereocenters. The van der Waals surface area contributed by atoms with Gasteiger partial charge in [0.15, 0.2) is 0 Å². The molecule has 0 fully saturated rings. The summed E-state index contributed by atoms with van der Waals surface area (Å²) >= 11 is 0. The highest BCUT2D eigenvalue weighted by molar-refractivity contribution is 5.89. The maximum absolute atomic E-state index is 10.9. The standard InChI is InChI=1S/C11H12O4/c1-14-9-5-3-4-8(6-9)10(12)7-11(13)15-2/h3-7,12H,1-2H3. The number of benzene rings is 1. The fourth-order valence-electron chi connectivity index (χ4n) is 1.04. The third-order valence-corrected chi connectivity index (χ3v) is 1.82. The Morgan fingerprint density at radius 1 is 1.40 bits per heavy atom. The molecule has 4 heteroatoms. The lowest BCUT2D eigenvalue weighted by molar-refractivity contribution is -0.134. The Bertz CT molecular complexity index is 382. The van der Waals surface area contributed by atoms with Gasteiger partial charge in [0, 0.05) is 5.56 Å². The van der Waals surface area contributed by atoms with Crippen molar-refractivity contribution in [2.75, 3.05) is 14.2 Å². The first-order valence-electron chi connectivity index (χ1n) is 4.30. The molecule has 0 saturated carbocycles. The smallest absolute Gasteiger partial charge is 0.334 e. The van der Waals surface area contributed by atoms with Crippen molar-refractivity contribution in [1.29, 1.82) is 0 Å². The van der Waals surface area contributed by atoms with Crippen LogP contribution in [0.2, 0.25) is 0 Å². The van der Waals surface area contributed by atoms with E-state index in [0.717, 1.165) is 6.08 Å². The Hall–Kier alpha value is -1.97. The Morgan fingerprint density at radius 3 is 2.73 bits per heavy atom. The number of esters is 1. The first-order valence-corrected chi connectivity index (χ1v) is 4.30. The number of rotatable bonds is 3. The predicted octanol–water partition coefficient (Wildman–Crippen LogP) is 1.77. The average Bonchev–Trinajstić information content (AvgIpc) is 2.28. The molecule has 0 heterocycles. The molecule has 0 unspecified atom stereocenters. The molecule has 15 heavy (non-hydrogen) atoms. The Kier molecular flexibility index (Phi) is 3.74. The third kappa shape index (κ3) is 3.02. The Labute approximate surface area is 87.7 Å². The van der Waals surface area contributed by atoms with Crippen molar-refractivity contribution in [3.8, 4) is 5.75 Å². The van der Waals surface area contributed by atoms with Crippen LogP contribution in [-0.2, 0) is 9.53 Å². The maximum Gasteiger partial charge on any atom is 0.334 e. The van der Waals surface area contributed by atoms with Crippen LogP contribution in [0.15, 0.2) is 30.3 Å². The lowest BCUT2D eigenvalue weighted by Gasteiger charge is -2.03. The van der Waals surface area contributed by atoms with Gasteiger partial charge in [0.2, 0.25) is 0 Å². The second kappa shape index (κ2) is 5.05. The minimum atomic E-state index is -0.602. The fourth-order valence-corrected chi connectivity index (χ4v) is 1.04. The highest BCUT2D eigenvalue weighted by Crippen LogP contribution is 2.17. The summed E-state index contributed by atoms with van der Waals surface area (Å²) in [6.45, 7) is 0. The second-order valence-electron chi connectivity index (χ2n) is 2.78. The molecule has 0 bridgehead atoms. The summed E-state index contributed by atoms with van der Waals surface area (Å²) in [5.41, 5.74) is 0.500. The molecule has 0 aliphatic heterocycles. The van der Waals surface area contributed by atoms with Crippen LogP contribution in [0.5, 0.6) is 5.75 Å². The lowest BCUT2D eigenvalue weighted by atomic mass is 10.1. The molecule has 4 nitrogen and oxygen atoms in total. The van der Waals surface area contributed by atoms with Crippen LogP contribution in [0.4, 0.5) is 0 Å². The number of carbonyl (C=O) groups excluding carboxylic acids is 1. The van der Waals surface area contributed by atoms with Crippen LogP contribution >= 0.6 is 0 Å². The van der Waals surface area contributed by atoms with E-state index in [1.165, 1.54) is 14.2 Å². The minimum Gasteiger partial charge on any atom is -0.507 e. The van der Waals surface area contributed by atoms with Gasteiger partial charge < -0.3 is 14.6 Å². The largest absolute Gasteiger partial charge is 0.507 e. The highest BCUT2D eigenvalue weighted by Gasteiger charge is 2.03. The van der Waals surface area contributed by atoms with Crippen molar-refractivity contribution in [1.82, 2.24) is 0 Å². The first kappa shape index (κ1) is 11.1. The van der Waals surface area contributed by atoms with Gasteiger partial charge in [-0.3, -0.25) is 0 Å². The number of ether oxygens (including phenoxy) is 2. The van der Waals surface area contributed by atoms with E-state index in [1.54, 1.807) is 24.3 Å². The zero-order valence-electron chi connectivity index (χ0n) is 8.56. The molecule has 1 rings (SSSR count). The topological polar surface area (TPSA) is 55.8 Å². The van der Waals surface area contributed by atoms with E-state index < -0.39 is 5.97 Å². The average molecular weight is 208 g/mol. The zero-order chi connectivity index (χ0) is 11.3. The molecule has 0 radical (unpaired) electrons. The van der Waals surface area contributed by atoms with E-state index in [1.807, 2.05) is 0 Å². The van der Waals surface area contributed by atoms with Gasteiger partial charge in [-0.25, -0.2) is 4.79 Å². The van der Waals surface area contributed by atoms with E-state index >= 15 is 0 Å². The quantitative estimate of drug-likeness (QED) is 0.467. The normalized spacial score (nSPS) is 10.9. The van der Waals surface area contributed by atoms with Gasteiger partial charge in [0.1, 0.15) is 11.5 Å². The van der Waals surface area contributed by atoms with Gasteiger partial charge in [-0.15, -0.1) is 0 Å².